The first-order valence-corrected chi connectivity index (χ1v) is 9.79. The van der Waals surface area contributed by atoms with E-state index in [1.807, 2.05) is 24.5 Å². The molecule has 0 radical (unpaired) electrons. The van der Waals surface area contributed by atoms with Gasteiger partial charge in [-0.3, -0.25) is 9.78 Å². The number of allylic oxidation sites excluding steroid dienone is 8. The first-order valence-electron chi connectivity index (χ1n) is 9.79. The van der Waals surface area contributed by atoms with E-state index in [2.05, 4.69) is 49.2 Å². The van der Waals surface area contributed by atoms with E-state index in [-0.39, 0.29) is 10.8 Å². The summed E-state index contributed by atoms with van der Waals surface area (Å²) in [5.74, 6) is 1.38. The predicted molar refractivity (Wildman–Crippen MR) is 104 cm³/mol. The lowest BCUT2D eigenvalue weighted by atomic mass is 9.50. The molecule has 0 amide bonds. The van der Waals surface area contributed by atoms with Crippen molar-refractivity contribution in [1.82, 2.24) is 4.98 Å². The molecule has 5 rings (SSSR count). The minimum atomic E-state index is 0.108. The normalized spacial score (nSPS) is 37.9. The number of rotatable bonds is 1. The smallest absolute Gasteiger partial charge is 0.156 e. The van der Waals surface area contributed by atoms with Gasteiger partial charge in [-0.15, -0.1) is 0 Å². The van der Waals surface area contributed by atoms with Crippen molar-refractivity contribution in [2.45, 2.75) is 39.5 Å². The van der Waals surface area contributed by atoms with Crippen molar-refractivity contribution < 1.29 is 4.79 Å². The zero-order valence-electron chi connectivity index (χ0n) is 15.5. The topological polar surface area (TPSA) is 30.0 Å². The third-order valence-corrected chi connectivity index (χ3v) is 7.55. The summed E-state index contributed by atoms with van der Waals surface area (Å²) in [5.41, 5.74) is 5.73. The Kier molecular flexibility index (Phi) is 3.31. The second-order valence-electron chi connectivity index (χ2n) is 8.79. The van der Waals surface area contributed by atoms with Gasteiger partial charge in [-0.05, 0) is 59.4 Å². The van der Waals surface area contributed by atoms with Crippen LogP contribution in [-0.2, 0) is 4.79 Å². The first-order chi connectivity index (χ1) is 12.5. The molecule has 4 aliphatic carbocycles. The number of fused-ring (bicyclic) bond motifs is 5. The van der Waals surface area contributed by atoms with Crippen LogP contribution >= 0.6 is 0 Å². The SMILES string of the molecule is CC12CCC3C(C=CC4=CC(=O)CCC43C)C1=CC=C2c1cccnc1. The summed E-state index contributed by atoms with van der Waals surface area (Å²) >= 11 is 0. The van der Waals surface area contributed by atoms with Gasteiger partial charge < -0.3 is 0 Å². The molecule has 0 spiro atoms. The molecular weight excluding hydrogens is 318 g/mol. The molecule has 1 aromatic heterocycles. The van der Waals surface area contributed by atoms with Crippen LogP contribution in [0.3, 0.4) is 0 Å². The van der Waals surface area contributed by atoms with Crippen LogP contribution < -0.4 is 0 Å². The summed E-state index contributed by atoms with van der Waals surface area (Å²) in [7, 11) is 0. The number of hydrogen-bond acceptors (Lipinski definition) is 2. The fraction of sp³-hybridized carbons (Fsp3) is 0.417. The van der Waals surface area contributed by atoms with Crippen LogP contribution in [0.5, 0.6) is 0 Å². The van der Waals surface area contributed by atoms with Crippen molar-refractivity contribution in [3.63, 3.8) is 0 Å². The molecule has 1 aromatic rings. The number of carbonyl (C=O) groups is 1. The zero-order valence-corrected chi connectivity index (χ0v) is 15.5. The number of aromatic nitrogens is 1. The minimum Gasteiger partial charge on any atom is -0.295 e. The monoisotopic (exact) mass is 343 g/mol. The van der Waals surface area contributed by atoms with Gasteiger partial charge in [0, 0.05) is 30.1 Å². The summed E-state index contributed by atoms with van der Waals surface area (Å²) in [6.07, 6.45) is 19.1. The molecule has 132 valence electrons. The van der Waals surface area contributed by atoms with Gasteiger partial charge in [0.25, 0.3) is 0 Å². The lowest BCUT2D eigenvalue weighted by molar-refractivity contribution is -0.116. The average Bonchev–Trinajstić information content (AvgIpc) is 3.00. The molecule has 4 atom stereocenters. The number of nitrogens with zero attached hydrogens (tertiary/aromatic N) is 1. The van der Waals surface area contributed by atoms with Gasteiger partial charge in [-0.1, -0.05) is 49.8 Å². The lowest BCUT2D eigenvalue weighted by Crippen LogP contribution is -2.45. The van der Waals surface area contributed by atoms with Gasteiger partial charge in [0.1, 0.15) is 0 Å². The van der Waals surface area contributed by atoms with E-state index in [1.54, 1.807) is 5.57 Å². The average molecular weight is 343 g/mol. The molecule has 2 nitrogen and oxygen atoms in total. The summed E-state index contributed by atoms with van der Waals surface area (Å²) in [4.78, 5) is 16.3. The molecule has 2 heteroatoms. The predicted octanol–water partition coefficient (Wildman–Crippen LogP) is 5.30. The van der Waals surface area contributed by atoms with Crippen LogP contribution in [0.25, 0.3) is 5.57 Å². The summed E-state index contributed by atoms with van der Waals surface area (Å²) in [6.45, 7) is 4.80. The zero-order chi connectivity index (χ0) is 17.9. The number of ketones is 1. The standard InChI is InChI=1S/C24H25NO/c1-23-11-9-18(26)14-17(23)5-6-19-21-8-7-20(16-4-3-13-25-15-16)24(21,2)12-10-22(19)23/h3-8,13-15,19,22H,9-12H2,1-2H3. The molecule has 0 aromatic carbocycles. The van der Waals surface area contributed by atoms with E-state index in [0.717, 1.165) is 6.42 Å². The molecular formula is C24H25NO. The second-order valence-corrected chi connectivity index (χ2v) is 8.79. The van der Waals surface area contributed by atoms with Gasteiger partial charge in [0.15, 0.2) is 5.78 Å². The molecule has 26 heavy (non-hydrogen) atoms. The van der Waals surface area contributed by atoms with Crippen LogP contribution in [0, 0.1) is 22.7 Å². The van der Waals surface area contributed by atoms with E-state index in [0.29, 0.717) is 24.0 Å². The fourth-order valence-electron chi connectivity index (χ4n) is 5.97. The van der Waals surface area contributed by atoms with E-state index in [1.165, 1.54) is 29.6 Å². The van der Waals surface area contributed by atoms with E-state index < -0.39 is 0 Å². The van der Waals surface area contributed by atoms with E-state index in [9.17, 15) is 4.79 Å². The van der Waals surface area contributed by atoms with Gasteiger partial charge in [-0.2, -0.15) is 0 Å². The molecule has 4 unspecified atom stereocenters. The van der Waals surface area contributed by atoms with Crippen molar-refractivity contribution in [2.24, 2.45) is 22.7 Å². The Bertz CT molecular complexity index is 903. The third kappa shape index (κ3) is 2.05. The second kappa shape index (κ2) is 5.39. The van der Waals surface area contributed by atoms with Crippen LogP contribution in [-0.4, -0.2) is 10.8 Å². The Labute approximate surface area is 155 Å². The Morgan fingerprint density at radius 2 is 2.08 bits per heavy atom. The maximum absolute atomic E-state index is 11.9. The van der Waals surface area contributed by atoms with E-state index >= 15 is 0 Å². The Balaban J connectivity index is 1.54. The van der Waals surface area contributed by atoms with Gasteiger partial charge in [-0.25, -0.2) is 0 Å². The molecule has 1 saturated carbocycles. The first kappa shape index (κ1) is 16.0. The van der Waals surface area contributed by atoms with E-state index in [4.69, 9.17) is 0 Å². The van der Waals surface area contributed by atoms with Gasteiger partial charge in [0.05, 0.1) is 0 Å². The molecule has 0 bridgehead atoms. The largest absolute Gasteiger partial charge is 0.295 e. The van der Waals surface area contributed by atoms with Crippen LogP contribution in [0.15, 0.2) is 66.1 Å². The summed E-state index contributed by atoms with van der Waals surface area (Å²) in [5, 5.41) is 0. The van der Waals surface area contributed by atoms with Crippen LogP contribution in [0.1, 0.15) is 45.1 Å². The highest BCUT2D eigenvalue weighted by Gasteiger charge is 2.53. The molecule has 1 heterocycles. The van der Waals surface area contributed by atoms with Gasteiger partial charge in [0.2, 0.25) is 0 Å². The van der Waals surface area contributed by atoms with Gasteiger partial charge >= 0.3 is 0 Å². The molecule has 0 saturated heterocycles. The number of carbonyl (C=O) groups excluding carboxylic acids is 1. The quantitative estimate of drug-likeness (QED) is 0.692. The highest BCUT2D eigenvalue weighted by Crippen LogP contribution is 2.63. The highest BCUT2D eigenvalue weighted by atomic mass is 16.1. The maximum atomic E-state index is 11.9. The Morgan fingerprint density at radius 1 is 1.19 bits per heavy atom. The van der Waals surface area contributed by atoms with Crippen molar-refractivity contribution in [3.05, 3.63) is 71.6 Å². The number of pyridine rings is 1. The summed E-state index contributed by atoms with van der Waals surface area (Å²) in [6, 6.07) is 4.21. The highest BCUT2D eigenvalue weighted by molar-refractivity contribution is 5.92. The number of hydrogen-bond donors (Lipinski definition) is 0. The summed E-state index contributed by atoms with van der Waals surface area (Å²) < 4.78 is 0. The van der Waals surface area contributed by atoms with Crippen molar-refractivity contribution in [2.75, 3.05) is 0 Å². The minimum absolute atomic E-state index is 0.108. The maximum Gasteiger partial charge on any atom is 0.156 e. The molecule has 0 N–H and O–H groups in total. The fourth-order valence-corrected chi connectivity index (χ4v) is 5.97. The van der Waals surface area contributed by atoms with Crippen molar-refractivity contribution in [3.8, 4) is 0 Å². The molecule has 1 fully saturated rings. The van der Waals surface area contributed by atoms with Crippen LogP contribution in [0.2, 0.25) is 0 Å². The Hall–Kier alpha value is -2.22. The van der Waals surface area contributed by atoms with Crippen molar-refractivity contribution in [1.29, 1.82) is 0 Å². The Morgan fingerprint density at radius 3 is 2.88 bits per heavy atom. The molecule has 4 aliphatic rings. The van der Waals surface area contributed by atoms with Crippen molar-refractivity contribution >= 4 is 11.4 Å². The van der Waals surface area contributed by atoms with Crippen LogP contribution in [0.4, 0.5) is 0 Å². The third-order valence-electron chi connectivity index (χ3n) is 7.55. The molecule has 0 aliphatic heterocycles. The lowest BCUT2D eigenvalue weighted by Gasteiger charge is -2.53.